The first-order valence-electron chi connectivity index (χ1n) is 5.90. The molecule has 0 bridgehead atoms. The third-order valence-electron chi connectivity index (χ3n) is 3.18. The summed E-state index contributed by atoms with van der Waals surface area (Å²) in [5.74, 6) is 0.769. The highest BCUT2D eigenvalue weighted by atomic mass is 15.1. The maximum Gasteiger partial charge on any atom is 0.223 e. The van der Waals surface area contributed by atoms with Crippen LogP contribution in [0, 0.1) is 0 Å². The standard InChI is InChI=1S/C13H15N3/c1-4-8-12-10(5-1)9-14-13(16-12)15-11-6-2-3-7-11/h1,4-5,8-9,11H,2-3,6-7H2,(H,14,15,16). The number of aromatic nitrogens is 2. The fraction of sp³-hybridized carbons (Fsp3) is 0.385. The number of fused-ring (bicyclic) bond motifs is 1. The lowest BCUT2D eigenvalue weighted by Gasteiger charge is -2.11. The number of para-hydroxylation sites is 1. The molecule has 3 nitrogen and oxygen atoms in total. The molecule has 0 amide bonds. The van der Waals surface area contributed by atoms with Gasteiger partial charge in [0.1, 0.15) is 0 Å². The van der Waals surface area contributed by atoms with E-state index < -0.39 is 0 Å². The van der Waals surface area contributed by atoms with E-state index in [4.69, 9.17) is 0 Å². The number of nitrogens with one attached hydrogen (secondary N) is 1. The van der Waals surface area contributed by atoms with Gasteiger partial charge in [0, 0.05) is 17.6 Å². The Hall–Kier alpha value is -1.64. The molecule has 1 aromatic carbocycles. The van der Waals surface area contributed by atoms with E-state index in [0.29, 0.717) is 6.04 Å². The molecule has 0 saturated heterocycles. The first-order chi connectivity index (χ1) is 7.92. The Morgan fingerprint density at radius 3 is 2.81 bits per heavy atom. The summed E-state index contributed by atoms with van der Waals surface area (Å²) < 4.78 is 0. The Morgan fingerprint density at radius 2 is 1.94 bits per heavy atom. The van der Waals surface area contributed by atoms with E-state index in [1.165, 1.54) is 25.7 Å². The van der Waals surface area contributed by atoms with E-state index in [0.717, 1.165) is 16.9 Å². The molecule has 3 rings (SSSR count). The number of rotatable bonds is 2. The van der Waals surface area contributed by atoms with E-state index in [1.807, 2.05) is 30.5 Å². The quantitative estimate of drug-likeness (QED) is 0.833. The molecule has 1 aliphatic carbocycles. The second-order valence-corrected chi connectivity index (χ2v) is 4.38. The maximum atomic E-state index is 4.52. The summed E-state index contributed by atoms with van der Waals surface area (Å²) in [6.45, 7) is 0. The fourth-order valence-electron chi connectivity index (χ4n) is 2.29. The van der Waals surface area contributed by atoms with Crippen molar-refractivity contribution in [1.82, 2.24) is 9.97 Å². The van der Waals surface area contributed by atoms with Gasteiger partial charge in [0.05, 0.1) is 5.52 Å². The number of hydrogen-bond donors (Lipinski definition) is 1. The zero-order chi connectivity index (χ0) is 10.8. The minimum absolute atomic E-state index is 0.571. The Balaban J connectivity index is 1.86. The van der Waals surface area contributed by atoms with Gasteiger partial charge in [-0.25, -0.2) is 9.97 Å². The van der Waals surface area contributed by atoms with Gasteiger partial charge in [-0.1, -0.05) is 31.0 Å². The third kappa shape index (κ3) is 1.85. The maximum absolute atomic E-state index is 4.52. The molecule has 1 heterocycles. The molecule has 0 aliphatic heterocycles. The molecule has 3 heteroatoms. The van der Waals surface area contributed by atoms with Gasteiger partial charge in [0.25, 0.3) is 0 Å². The van der Waals surface area contributed by atoms with Gasteiger partial charge in [-0.2, -0.15) is 0 Å². The van der Waals surface area contributed by atoms with E-state index in [1.54, 1.807) is 0 Å². The summed E-state index contributed by atoms with van der Waals surface area (Å²) in [5.41, 5.74) is 1.01. The highest BCUT2D eigenvalue weighted by molar-refractivity contribution is 5.78. The molecular weight excluding hydrogens is 198 g/mol. The molecule has 0 radical (unpaired) electrons. The monoisotopic (exact) mass is 213 g/mol. The molecular formula is C13H15N3. The highest BCUT2D eigenvalue weighted by Gasteiger charge is 2.15. The molecule has 1 fully saturated rings. The molecule has 16 heavy (non-hydrogen) atoms. The lowest BCUT2D eigenvalue weighted by molar-refractivity contribution is 0.745. The van der Waals surface area contributed by atoms with E-state index in [9.17, 15) is 0 Å². The Labute approximate surface area is 94.9 Å². The van der Waals surface area contributed by atoms with Crippen LogP contribution in [0.3, 0.4) is 0 Å². The number of hydrogen-bond acceptors (Lipinski definition) is 3. The van der Waals surface area contributed by atoms with Gasteiger partial charge in [0.15, 0.2) is 0 Å². The zero-order valence-electron chi connectivity index (χ0n) is 9.19. The van der Waals surface area contributed by atoms with Crippen LogP contribution in [0.5, 0.6) is 0 Å². The van der Waals surface area contributed by atoms with Crippen LogP contribution >= 0.6 is 0 Å². The number of nitrogens with zero attached hydrogens (tertiary/aromatic N) is 2. The van der Waals surface area contributed by atoms with Crippen molar-refractivity contribution < 1.29 is 0 Å². The molecule has 1 aliphatic rings. The first kappa shape index (κ1) is 9.58. The summed E-state index contributed by atoms with van der Waals surface area (Å²) in [4.78, 5) is 8.86. The van der Waals surface area contributed by atoms with Crippen LogP contribution < -0.4 is 5.32 Å². The second-order valence-electron chi connectivity index (χ2n) is 4.38. The second kappa shape index (κ2) is 4.08. The summed E-state index contributed by atoms with van der Waals surface area (Å²) in [5, 5.41) is 4.51. The van der Waals surface area contributed by atoms with Crippen LogP contribution in [0.15, 0.2) is 30.5 Å². The van der Waals surface area contributed by atoms with Crippen LogP contribution in [0.25, 0.3) is 10.9 Å². The van der Waals surface area contributed by atoms with Gasteiger partial charge in [-0.15, -0.1) is 0 Å². The van der Waals surface area contributed by atoms with Crippen molar-refractivity contribution in [2.75, 3.05) is 5.32 Å². The van der Waals surface area contributed by atoms with Gasteiger partial charge in [-0.05, 0) is 18.9 Å². The lowest BCUT2D eigenvalue weighted by Crippen LogP contribution is -2.16. The zero-order valence-corrected chi connectivity index (χ0v) is 9.19. The largest absolute Gasteiger partial charge is 0.351 e. The summed E-state index contributed by atoms with van der Waals surface area (Å²) >= 11 is 0. The van der Waals surface area contributed by atoms with Crippen LogP contribution in [-0.4, -0.2) is 16.0 Å². The van der Waals surface area contributed by atoms with Crippen LogP contribution in [0.1, 0.15) is 25.7 Å². The normalized spacial score (nSPS) is 16.8. The number of benzene rings is 1. The van der Waals surface area contributed by atoms with Crippen molar-refractivity contribution in [3.05, 3.63) is 30.5 Å². The molecule has 2 aromatic rings. The summed E-state index contributed by atoms with van der Waals surface area (Å²) in [7, 11) is 0. The smallest absolute Gasteiger partial charge is 0.223 e. The lowest BCUT2D eigenvalue weighted by atomic mass is 10.2. The van der Waals surface area contributed by atoms with Gasteiger partial charge >= 0.3 is 0 Å². The summed E-state index contributed by atoms with van der Waals surface area (Å²) in [6.07, 6.45) is 7.03. The highest BCUT2D eigenvalue weighted by Crippen LogP contribution is 2.21. The van der Waals surface area contributed by atoms with Gasteiger partial charge < -0.3 is 5.32 Å². The molecule has 1 saturated carbocycles. The molecule has 0 unspecified atom stereocenters. The fourth-order valence-corrected chi connectivity index (χ4v) is 2.29. The SMILES string of the molecule is c1ccc2nc(NC3CCCC3)ncc2c1. The van der Waals surface area contributed by atoms with Crippen molar-refractivity contribution >= 4 is 16.9 Å². The van der Waals surface area contributed by atoms with Crippen LogP contribution in [0.2, 0.25) is 0 Å². The van der Waals surface area contributed by atoms with E-state index in [-0.39, 0.29) is 0 Å². The molecule has 82 valence electrons. The van der Waals surface area contributed by atoms with E-state index in [2.05, 4.69) is 15.3 Å². The first-order valence-corrected chi connectivity index (χ1v) is 5.90. The Kier molecular flexibility index (Phi) is 2.44. The minimum Gasteiger partial charge on any atom is -0.351 e. The van der Waals surface area contributed by atoms with Gasteiger partial charge in [0.2, 0.25) is 5.95 Å². The van der Waals surface area contributed by atoms with Crippen LogP contribution in [0.4, 0.5) is 5.95 Å². The molecule has 0 atom stereocenters. The molecule has 1 aromatic heterocycles. The Morgan fingerprint density at radius 1 is 1.12 bits per heavy atom. The third-order valence-corrected chi connectivity index (χ3v) is 3.18. The Bertz CT molecular complexity index is 489. The minimum atomic E-state index is 0.571. The van der Waals surface area contributed by atoms with Crippen LogP contribution in [-0.2, 0) is 0 Å². The van der Waals surface area contributed by atoms with Crippen molar-refractivity contribution in [3.8, 4) is 0 Å². The van der Waals surface area contributed by atoms with Crippen molar-refractivity contribution in [1.29, 1.82) is 0 Å². The van der Waals surface area contributed by atoms with Crippen molar-refractivity contribution in [2.45, 2.75) is 31.7 Å². The summed E-state index contributed by atoms with van der Waals surface area (Å²) in [6, 6.07) is 8.65. The molecule has 1 N–H and O–H groups in total. The van der Waals surface area contributed by atoms with Crippen molar-refractivity contribution in [3.63, 3.8) is 0 Å². The molecule has 0 spiro atoms. The predicted molar refractivity (Wildman–Crippen MR) is 65.4 cm³/mol. The van der Waals surface area contributed by atoms with Crippen molar-refractivity contribution in [2.24, 2.45) is 0 Å². The van der Waals surface area contributed by atoms with Gasteiger partial charge in [-0.3, -0.25) is 0 Å². The number of anilines is 1. The topological polar surface area (TPSA) is 37.8 Å². The average molecular weight is 213 g/mol. The predicted octanol–water partition coefficient (Wildman–Crippen LogP) is 2.98. The van der Waals surface area contributed by atoms with E-state index >= 15 is 0 Å². The average Bonchev–Trinajstić information content (AvgIpc) is 2.82.